The molecule has 25 heavy (non-hydrogen) atoms. The summed E-state index contributed by atoms with van der Waals surface area (Å²) in [5, 5.41) is 0.683. The molecular weight excluding hydrogens is 331 g/mol. The van der Waals surface area contributed by atoms with E-state index in [9.17, 15) is 18.0 Å². The summed E-state index contributed by atoms with van der Waals surface area (Å²) in [4.78, 5) is 20.4. The second-order valence-electron chi connectivity index (χ2n) is 6.69. The van der Waals surface area contributed by atoms with Crippen LogP contribution in [0.15, 0.2) is 30.5 Å². The van der Waals surface area contributed by atoms with Crippen LogP contribution in [0.4, 0.5) is 18.9 Å². The van der Waals surface area contributed by atoms with Gasteiger partial charge in [-0.2, -0.15) is 13.2 Å². The van der Waals surface area contributed by atoms with E-state index in [0.29, 0.717) is 24.0 Å². The van der Waals surface area contributed by atoms with Gasteiger partial charge in [0.05, 0.1) is 17.0 Å². The van der Waals surface area contributed by atoms with E-state index in [4.69, 9.17) is 0 Å². The molecule has 0 bridgehead atoms. The van der Waals surface area contributed by atoms with Gasteiger partial charge < -0.3 is 9.80 Å². The highest BCUT2D eigenvalue weighted by atomic mass is 19.4. The highest BCUT2D eigenvalue weighted by Gasteiger charge is 2.37. The summed E-state index contributed by atoms with van der Waals surface area (Å²) in [6.07, 6.45) is -0.722. The molecule has 0 N–H and O–H groups in total. The molecule has 1 aromatic carbocycles. The molecule has 0 atom stereocenters. The van der Waals surface area contributed by atoms with Crippen molar-refractivity contribution in [3.8, 4) is 0 Å². The number of anilines is 1. The van der Waals surface area contributed by atoms with Crippen molar-refractivity contribution in [2.24, 2.45) is 5.92 Å². The second-order valence-corrected chi connectivity index (χ2v) is 6.69. The minimum atomic E-state index is -4.38. The quantitative estimate of drug-likeness (QED) is 0.835. The molecule has 4 nitrogen and oxygen atoms in total. The zero-order chi connectivity index (χ0) is 17.6. The molecule has 2 aliphatic heterocycles. The van der Waals surface area contributed by atoms with Gasteiger partial charge in [-0.15, -0.1) is 0 Å². The average molecular weight is 349 g/mol. The molecule has 0 radical (unpaired) electrons. The topological polar surface area (TPSA) is 36.4 Å². The van der Waals surface area contributed by atoms with Gasteiger partial charge in [0.15, 0.2) is 0 Å². The first-order valence-electron chi connectivity index (χ1n) is 8.43. The Hall–Kier alpha value is -2.31. The van der Waals surface area contributed by atoms with Crippen molar-refractivity contribution in [2.45, 2.75) is 19.0 Å². The third-order valence-corrected chi connectivity index (χ3v) is 5.04. The first kappa shape index (κ1) is 16.2. The number of alkyl halides is 3. The van der Waals surface area contributed by atoms with Crippen molar-refractivity contribution >= 4 is 22.5 Å². The number of fused-ring (bicyclic) bond motifs is 1. The molecule has 0 aliphatic carbocycles. The Kier molecular flexibility index (Phi) is 3.81. The van der Waals surface area contributed by atoms with Crippen LogP contribution in [0.1, 0.15) is 18.4 Å². The molecule has 0 unspecified atom stereocenters. The molecule has 7 heteroatoms. The van der Waals surface area contributed by atoms with Crippen molar-refractivity contribution in [3.05, 3.63) is 36.0 Å². The van der Waals surface area contributed by atoms with Crippen LogP contribution >= 0.6 is 0 Å². The smallest absolute Gasteiger partial charge is 0.369 e. The Balaban J connectivity index is 1.54. The standard InChI is InChI=1S/C18H18F3N3O/c19-18(20,21)13-3-4-14-15(9-13)22-6-5-16(14)24-10-12(11-24)17(25)23-7-1-2-8-23/h3-6,9,12H,1-2,7-8,10-11H2. The molecule has 1 amide bonds. The van der Waals surface area contributed by atoms with E-state index in [1.54, 1.807) is 6.07 Å². The first-order valence-corrected chi connectivity index (χ1v) is 8.43. The lowest BCUT2D eigenvalue weighted by atomic mass is 9.96. The van der Waals surface area contributed by atoms with Gasteiger partial charge >= 0.3 is 6.18 Å². The number of benzene rings is 1. The lowest BCUT2D eigenvalue weighted by Crippen LogP contribution is -2.54. The number of pyridine rings is 1. The first-order chi connectivity index (χ1) is 11.9. The summed E-state index contributed by atoms with van der Waals surface area (Å²) in [5.74, 6) is 0.183. The Morgan fingerprint density at radius 3 is 2.52 bits per heavy atom. The molecular formula is C18H18F3N3O. The Morgan fingerprint density at radius 2 is 1.84 bits per heavy atom. The van der Waals surface area contributed by atoms with Crippen molar-refractivity contribution < 1.29 is 18.0 Å². The molecule has 2 saturated heterocycles. The van der Waals surface area contributed by atoms with Crippen molar-refractivity contribution in [2.75, 3.05) is 31.1 Å². The van der Waals surface area contributed by atoms with Crippen LogP contribution in [-0.2, 0) is 11.0 Å². The Bertz CT molecular complexity index is 809. The summed E-state index contributed by atoms with van der Waals surface area (Å²) >= 11 is 0. The van der Waals surface area contributed by atoms with Gasteiger partial charge in [0.25, 0.3) is 0 Å². The van der Waals surface area contributed by atoms with E-state index in [1.165, 1.54) is 12.3 Å². The Labute approximate surface area is 143 Å². The van der Waals surface area contributed by atoms with E-state index in [-0.39, 0.29) is 11.8 Å². The predicted octanol–water partition coefficient (Wildman–Crippen LogP) is 3.31. The maximum atomic E-state index is 12.9. The number of likely N-dealkylation sites (tertiary alicyclic amines) is 1. The average Bonchev–Trinajstić information content (AvgIpc) is 3.06. The SMILES string of the molecule is O=C(C1CN(c2ccnc3cc(C(F)(F)F)ccc23)C1)N1CCCC1. The van der Waals surface area contributed by atoms with E-state index >= 15 is 0 Å². The van der Waals surface area contributed by atoms with Crippen LogP contribution in [0.25, 0.3) is 10.9 Å². The van der Waals surface area contributed by atoms with Crippen LogP contribution < -0.4 is 4.90 Å². The maximum Gasteiger partial charge on any atom is 0.416 e. The highest BCUT2D eigenvalue weighted by Crippen LogP contribution is 2.35. The van der Waals surface area contributed by atoms with Gasteiger partial charge in [0.1, 0.15) is 0 Å². The van der Waals surface area contributed by atoms with Gasteiger partial charge in [0.2, 0.25) is 5.91 Å². The monoisotopic (exact) mass is 349 g/mol. The van der Waals surface area contributed by atoms with Crippen LogP contribution in [0.5, 0.6) is 0 Å². The number of aromatic nitrogens is 1. The van der Waals surface area contributed by atoms with Gasteiger partial charge in [-0.05, 0) is 31.0 Å². The lowest BCUT2D eigenvalue weighted by molar-refractivity contribution is -0.137. The third kappa shape index (κ3) is 2.92. The van der Waals surface area contributed by atoms with Crippen molar-refractivity contribution in [1.82, 2.24) is 9.88 Å². The molecule has 0 saturated carbocycles. The van der Waals surface area contributed by atoms with Crippen molar-refractivity contribution in [3.63, 3.8) is 0 Å². The minimum absolute atomic E-state index is 0.0178. The minimum Gasteiger partial charge on any atom is -0.369 e. The predicted molar refractivity (Wildman–Crippen MR) is 88.3 cm³/mol. The fraction of sp³-hybridized carbons (Fsp3) is 0.444. The summed E-state index contributed by atoms with van der Waals surface area (Å²) in [6, 6.07) is 5.42. The number of rotatable bonds is 2. The summed E-state index contributed by atoms with van der Waals surface area (Å²) in [5.41, 5.74) is 0.459. The van der Waals surface area contributed by atoms with Crippen LogP contribution in [0, 0.1) is 5.92 Å². The van der Waals surface area contributed by atoms with E-state index in [0.717, 1.165) is 43.8 Å². The van der Waals surface area contributed by atoms with Gasteiger partial charge in [-0.3, -0.25) is 9.78 Å². The molecule has 1 aromatic heterocycles. The fourth-order valence-electron chi connectivity index (χ4n) is 3.61. The summed E-state index contributed by atoms with van der Waals surface area (Å²) in [6.45, 7) is 2.90. The van der Waals surface area contributed by atoms with Gasteiger partial charge in [-0.25, -0.2) is 0 Å². The molecule has 3 heterocycles. The molecule has 2 aromatic rings. The largest absolute Gasteiger partial charge is 0.416 e. The van der Waals surface area contributed by atoms with Crippen LogP contribution in [0.2, 0.25) is 0 Å². The van der Waals surface area contributed by atoms with Gasteiger partial charge in [0, 0.05) is 43.4 Å². The lowest BCUT2D eigenvalue weighted by Gasteiger charge is -2.42. The number of hydrogen-bond donors (Lipinski definition) is 0. The van der Waals surface area contributed by atoms with E-state index in [2.05, 4.69) is 4.98 Å². The van der Waals surface area contributed by atoms with Gasteiger partial charge in [-0.1, -0.05) is 6.07 Å². The maximum absolute atomic E-state index is 12.9. The number of nitrogens with zero attached hydrogens (tertiary/aromatic N) is 3. The third-order valence-electron chi connectivity index (χ3n) is 5.04. The van der Waals surface area contributed by atoms with Crippen molar-refractivity contribution in [1.29, 1.82) is 0 Å². The number of carbonyl (C=O) groups is 1. The summed E-state index contributed by atoms with van der Waals surface area (Å²) < 4.78 is 38.6. The van der Waals surface area contributed by atoms with E-state index < -0.39 is 11.7 Å². The zero-order valence-corrected chi connectivity index (χ0v) is 13.6. The molecule has 0 spiro atoms. The molecule has 2 aliphatic rings. The van der Waals surface area contributed by atoms with Crippen LogP contribution in [0.3, 0.4) is 0 Å². The normalized spacial score (nSPS) is 18.7. The molecule has 132 valence electrons. The van der Waals surface area contributed by atoms with Crippen LogP contribution in [-0.4, -0.2) is 42.0 Å². The van der Waals surface area contributed by atoms with E-state index in [1.807, 2.05) is 9.80 Å². The number of hydrogen-bond acceptors (Lipinski definition) is 3. The second kappa shape index (κ2) is 5.89. The number of carbonyl (C=O) groups excluding carboxylic acids is 1. The molecule has 4 rings (SSSR count). The molecule has 2 fully saturated rings. The number of halogens is 3. The summed E-state index contributed by atoms with van der Waals surface area (Å²) in [7, 11) is 0. The fourth-order valence-corrected chi connectivity index (χ4v) is 3.61. The number of amides is 1. The Morgan fingerprint density at radius 1 is 1.12 bits per heavy atom. The zero-order valence-electron chi connectivity index (χ0n) is 13.6. The highest BCUT2D eigenvalue weighted by molar-refractivity contribution is 5.93.